The number of hydrogen-bond donors (Lipinski definition) is 4. The van der Waals surface area contributed by atoms with Crippen LogP contribution in [0, 0.1) is 0 Å². The van der Waals surface area contributed by atoms with Crippen molar-refractivity contribution in [2.75, 3.05) is 0 Å². The van der Waals surface area contributed by atoms with Crippen molar-refractivity contribution in [1.29, 1.82) is 0 Å². The molecule has 0 radical (unpaired) electrons. The van der Waals surface area contributed by atoms with Crippen molar-refractivity contribution in [3.63, 3.8) is 0 Å². The van der Waals surface area contributed by atoms with Crippen LogP contribution in [-0.4, -0.2) is 36.0 Å². The summed E-state index contributed by atoms with van der Waals surface area (Å²) in [6.45, 7) is -1.07. The second kappa shape index (κ2) is 7.22. The van der Waals surface area contributed by atoms with Gasteiger partial charge in [0.25, 0.3) is 5.08 Å². The van der Waals surface area contributed by atoms with Gasteiger partial charge in [0.2, 0.25) is 6.54 Å². The Kier molecular flexibility index (Phi) is 8.91. The van der Waals surface area contributed by atoms with Gasteiger partial charge in [0.1, 0.15) is 0 Å². The van der Waals surface area contributed by atoms with E-state index in [4.69, 9.17) is 9.79 Å². The Hall–Kier alpha value is -0.650. The first kappa shape index (κ1) is 23.4. The average Bonchev–Trinajstić information content (AvgIpc) is 2.52. The maximum absolute atomic E-state index is 10.8. The highest BCUT2D eigenvalue weighted by atomic mass is 31.2. The van der Waals surface area contributed by atoms with E-state index in [0.29, 0.717) is 0 Å². The fraction of sp³-hybridized carbons (Fsp3) is 0.400. The third-order valence-corrected chi connectivity index (χ3v) is 5.50. The van der Waals surface area contributed by atoms with E-state index in [0.717, 1.165) is 4.68 Å². The molecular weight excluding hydrogens is 310 g/mol. The molecule has 0 spiro atoms. The Morgan fingerprint density at radius 3 is 1.89 bits per heavy atom. The summed E-state index contributed by atoms with van der Waals surface area (Å²) in [5, 5.41) is 8.06. The zero-order valence-electron chi connectivity index (χ0n) is 9.33. The molecule has 1 aromatic heterocycles. The molecule has 0 aromatic carbocycles. The predicted molar refractivity (Wildman–Crippen MR) is 57.7 cm³/mol. The topological polar surface area (TPSA) is 257 Å². The van der Waals surface area contributed by atoms with Gasteiger partial charge in [-0.1, -0.05) is 0 Å². The molecule has 1 aromatic rings. The summed E-state index contributed by atoms with van der Waals surface area (Å²) in [6, 6.07) is 1.39. The first-order valence-corrected chi connectivity index (χ1v) is 7.06. The molecule has 1 rings (SSSR count). The molecule has 2 unspecified atom stereocenters. The minimum Gasteiger partial charge on any atom is -0.776 e. The summed E-state index contributed by atoms with van der Waals surface area (Å²) in [6.07, 6.45) is 2.52. The second-order valence-corrected chi connectivity index (χ2v) is 6.99. The second-order valence-electron chi connectivity index (χ2n) is 3.08. The van der Waals surface area contributed by atoms with Crippen LogP contribution in [0.2, 0.25) is 0 Å². The van der Waals surface area contributed by atoms with Gasteiger partial charge < -0.3 is 50.2 Å². The molecular formula is C5H16N2O10P2. The van der Waals surface area contributed by atoms with Gasteiger partial charge in [0.05, 0.1) is 6.20 Å². The lowest BCUT2D eigenvalue weighted by molar-refractivity contribution is -0.756. The van der Waals surface area contributed by atoms with Gasteiger partial charge >= 0.3 is 0 Å². The van der Waals surface area contributed by atoms with Crippen LogP contribution < -0.4 is 14.5 Å². The minimum absolute atomic E-state index is 0. The molecule has 116 valence electrons. The first-order valence-electron chi connectivity index (χ1n) is 3.91. The Morgan fingerprint density at radius 2 is 1.63 bits per heavy atom. The van der Waals surface area contributed by atoms with E-state index in [-0.39, 0.29) is 16.4 Å². The van der Waals surface area contributed by atoms with E-state index in [9.17, 15) is 24.0 Å². The Labute approximate surface area is 106 Å². The van der Waals surface area contributed by atoms with Gasteiger partial charge in [0, 0.05) is 6.07 Å². The number of nitrogens with one attached hydrogen (secondary N) is 1. The number of H-pyrrole nitrogens is 1. The molecule has 0 aliphatic heterocycles. The number of rotatable bonds is 4. The van der Waals surface area contributed by atoms with E-state index in [1.807, 2.05) is 0 Å². The highest BCUT2D eigenvalue weighted by Gasteiger charge is 2.51. The summed E-state index contributed by atoms with van der Waals surface area (Å²) in [7, 11) is -11.4. The maximum atomic E-state index is 10.8. The van der Waals surface area contributed by atoms with Crippen molar-refractivity contribution >= 4 is 15.2 Å². The van der Waals surface area contributed by atoms with Crippen molar-refractivity contribution in [3.8, 4) is 0 Å². The fourth-order valence-electron chi connectivity index (χ4n) is 0.994. The van der Waals surface area contributed by atoms with Gasteiger partial charge in [-0.05, 0) is 0 Å². The average molecular weight is 326 g/mol. The van der Waals surface area contributed by atoms with Gasteiger partial charge in [-0.2, -0.15) is 5.10 Å². The SMILES string of the molecule is O.O.O=P([O-])(O)C(O)(C[n+]1ccc[nH]1)P(=O)([O-])O.[OH3+]. The molecule has 0 amide bonds. The van der Waals surface area contributed by atoms with Crippen molar-refractivity contribution < 1.29 is 54.9 Å². The fourth-order valence-corrected chi connectivity index (χ4v) is 2.93. The molecule has 12 nitrogen and oxygen atoms in total. The van der Waals surface area contributed by atoms with Crippen LogP contribution in [-0.2, 0) is 21.2 Å². The maximum Gasteiger partial charge on any atom is 0.253 e. The van der Waals surface area contributed by atoms with Crippen molar-refractivity contribution in [1.82, 2.24) is 5.10 Å². The first-order chi connectivity index (χ1) is 7.08. The van der Waals surface area contributed by atoms with E-state index in [2.05, 4.69) is 5.10 Å². The van der Waals surface area contributed by atoms with Gasteiger partial charge in [-0.3, -0.25) is 0 Å². The lowest BCUT2D eigenvalue weighted by atomic mass is 10.6. The van der Waals surface area contributed by atoms with E-state index < -0.39 is 26.8 Å². The largest absolute Gasteiger partial charge is 0.776 e. The smallest absolute Gasteiger partial charge is 0.253 e. The van der Waals surface area contributed by atoms with Crippen LogP contribution in [0.15, 0.2) is 18.5 Å². The van der Waals surface area contributed by atoms with Gasteiger partial charge in [0.15, 0.2) is 21.4 Å². The quantitative estimate of drug-likeness (QED) is 0.236. The van der Waals surface area contributed by atoms with Crippen LogP contribution in [0.25, 0.3) is 0 Å². The van der Waals surface area contributed by atoms with Crippen LogP contribution in [0.3, 0.4) is 0 Å². The normalized spacial score (nSPS) is 19.4. The van der Waals surface area contributed by atoms with Gasteiger partial charge in [-0.15, -0.1) is 4.68 Å². The highest BCUT2D eigenvalue weighted by molar-refractivity contribution is 7.70. The van der Waals surface area contributed by atoms with E-state index in [1.165, 1.54) is 18.5 Å². The summed E-state index contributed by atoms with van der Waals surface area (Å²) >= 11 is 0. The minimum atomic E-state index is -5.71. The van der Waals surface area contributed by atoms with Crippen LogP contribution in [0.1, 0.15) is 0 Å². The molecule has 0 aliphatic carbocycles. The Balaban J connectivity index is -0.000000853. The van der Waals surface area contributed by atoms with Crippen LogP contribution in [0.5, 0.6) is 0 Å². The zero-order chi connectivity index (χ0) is 12.6. The molecule has 0 saturated heterocycles. The number of nitrogens with zero attached hydrogens (tertiary/aromatic N) is 1. The Morgan fingerprint density at radius 1 is 1.21 bits per heavy atom. The molecule has 11 N–H and O–H groups in total. The number of aromatic amines is 1. The third-order valence-electron chi connectivity index (χ3n) is 1.89. The highest BCUT2D eigenvalue weighted by Crippen LogP contribution is 2.63. The molecule has 0 bridgehead atoms. The van der Waals surface area contributed by atoms with Crippen LogP contribution >= 0.6 is 15.2 Å². The molecule has 2 atom stereocenters. The molecule has 14 heteroatoms. The lowest BCUT2D eigenvalue weighted by Gasteiger charge is -2.39. The number of hydrogen-bond acceptors (Lipinski definition) is 5. The molecule has 0 saturated carbocycles. The predicted octanol–water partition coefficient (Wildman–Crippen LogP) is -5.53. The molecule has 0 fully saturated rings. The van der Waals surface area contributed by atoms with E-state index >= 15 is 0 Å². The summed E-state index contributed by atoms with van der Waals surface area (Å²) in [5.74, 6) is 0. The summed E-state index contributed by atoms with van der Waals surface area (Å²) in [4.78, 5) is 38.9. The molecule has 0 aliphatic rings. The van der Waals surface area contributed by atoms with Crippen molar-refractivity contribution in [2.45, 2.75) is 11.6 Å². The summed E-state index contributed by atoms with van der Waals surface area (Å²) < 4.78 is 22.5. The van der Waals surface area contributed by atoms with Crippen molar-refractivity contribution in [3.05, 3.63) is 18.5 Å². The van der Waals surface area contributed by atoms with Gasteiger partial charge in [-0.25, -0.2) is 0 Å². The van der Waals surface area contributed by atoms with E-state index in [1.54, 1.807) is 0 Å². The van der Waals surface area contributed by atoms with Crippen molar-refractivity contribution in [2.24, 2.45) is 0 Å². The molecule has 1 heterocycles. The number of aromatic nitrogens is 2. The third kappa shape index (κ3) is 4.75. The lowest BCUT2D eigenvalue weighted by Crippen LogP contribution is -2.51. The van der Waals surface area contributed by atoms with Crippen LogP contribution in [0.4, 0.5) is 0 Å². The summed E-state index contributed by atoms with van der Waals surface area (Å²) in [5.41, 5.74) is 0. The standard InChI is InChI=1S/C5H10N2O7P2.3H2O/c8-5(15(9,10)11,16(12,13)14)4-7-3-1-2-6-7;;;/h1-3,8H,4H2,(H4,9,10,11,12,13,14);3*1H2. The zero-order valence-corrected chi connectivity index (χ0v) is 11.1. The molecule has 19 heavy (non-hydrogen) atoms. The monoisotopic (exact) mass is 326 g/mol. The number of aliphatic hydroxyl groups is 1. The Bertz CT molecular complexity index is 426.